The van der Waals surface area contributed by atoms with Gasteiger partial charge >= 0.3 is 6.61 Å². The number of imidazole rings is 1. The van der Waals surface area contributed by atoms with Crippen LogP contribution in [0, 0.1) is 0 Å². The van der Waals surface area contributed by atoms with Crippen molar-refractivity contribution >= 4 is 39.9 Å². The Morgan fingerprint density at radius 2 is 2.06 bits per heavy atom. The van der Waals surface area contributed by atoms with Gasteiger partial charge in [0, 0.05) is 6.54 Å². The van der Waals surface area contributed by atoms with Crippen LogP contribution in [0.2, 0.25) is 5.02 Å². The lowest BCUT2D eigenvalue weighted by molar-refractivity contribution is -0.0499. The zero-order valence-electron chi connectivity index (χ0n) is 17.2. The molecule has 4 aromatic rings. The van der Waals surface area contributed by atoms with E-state index >= 15 is 0 Å². The van der Waals surface area contributed by atoms with E-state index in [2.05, 4.69) is 14.7 Å². The van der Waals surface area contributed by atoms with Gasteiger partial charge in [-0.1, -0.05) is 17.7 Å². The van der Waals surface area contributed by atoms with E-state index in [1.165, 1.54) is 6.07 Å². The second-order valence-electron chi connectivity index (χ2n) is 8.37. The molecule has 0 unspecified atom stereocenters. The van der Waals surface area contributed by atoms with E-state index in [0.29, 0.717) is 39.5 Å². The van der Waals surface area contributed by atoms with Gasteiger partial charge in [0.2, 0.25) is 0 Å². The fraction of sp³-hybridized carbons (Fsp3) is 0.261. The van der Waals surface area contributed by atoms with Gasteiger partial charge in [-0.15, -0.1) is 0 Å². The van der Waals surface area contributed by atoms with Gasteiger partial charge in [-0.2, -0.15) is 8.78 Å². The minimum Gasteiger partial charge on any atom is -0.435 e. The quantitative estimate of drug-likeness (QED) is 0.466. The number of ether oxygens (including phenoxy) is 1. The van der Waals surface area contributed by atoms with Crippen LogP contribution in [0.1, 0.15) is 46.3 Å². The van der Waals surface area contributed by atoms with E-state index in [1.54, 1.807) is 41.2 Å². The Balaban J connectivity index is 1.39. The second-order valence-corrected chi connectivity index (χ2v) is 8.78. The van der Waals surface area contributed by atoms with Gasteiger partial charge in [0.05, 0.1) is 40.2 Å². The maximum Gasteiger partial charge on any atom is 0.387 e. The fourth-order valence-corrected chi connectivity index (χ4v) is 5.43. The smallest absolute Gasteiger partial charge is 0.387 e. The Kier molecular flexibility index (Phi) is 4.45. The normalized spacial score (nSPS) is 19.5. The topological polar surface area (TPSA) is 85.8 Å². The molecule has 33 heavy (non-hydrogen) atoms. The van der Waals surface area contributed by atoms with Crippen LogP contribution in [-0.4, -0.2) is 38.3 Å². The number of piperidine rings is 1. The number of aromatic nitrogens is 3. The molecule has 0 saturated carbocycles. The molecule has 6 rings (SSSR count). The third kappa shape index (κ3) is 3.10. The Labute approximate surface area is 191 Å². The van der Waals surface area contributed by atoms with Crippen molar-refractivity contribution in [2.75, 3.05) is 12.3 Å². The molecule has 2 aliphatic rings. The van der Waals surface area contributed by atoms with Crippen LogP contribution < -0.4 is 10.5 Å². The number of carbonyl (C=O) groups is 1. The van der Waals surface area contributed by atoms with Gasteiger partial charge in [0.15, 0.2) is 0 Å². The molecule has 2 N–H and O–H groups in total. The summed E-state index contributed by atoms with van der Waals surface area (Å²) in [5.74, 6) is 0.495. The molecular formula is C23H18ClF2N5O2. The highest BCUT2D eigenvalue weighted by Gasteiger charge is 2.41. The van der Waals surface area contributed by atoms with Crippen molar-refractivity contribution in [1.29, 1.82) is 0 Å². The average Bonchev–Trinajstić information content (AvgIpc) is 3.37. The standard InChI is InChI=1S/C23H18ClF2N5O2/c24-16-8-17-19(31-10-28-9-20(31)21(27)29-17)7-15(16)22(32)30-4-3-11-5-18(30)13-2-1-12(6-14(11)13)33-23(25)26/h1-2,6-11,18,23H,3-5H2,(H2,27,29)/t11-,18+/m0/s1. The number of alkyl halides is 2. The third-order valence-electron chi connectivity index (χ3n) is 6.64. The highest BCUT2D eigenvalue weighted by molar-refractivity contribution is 6.34. The van der Waals surface area contributed by atoms with Crippen LogP contribution >= 0.6 is 11.6 Å². The summed E-state index contributed by atoms with van der Waals surface area (Å²) in [4.78, 5) is 24.0. The minimum atomic E-state index is -2.87. The number of fused-ring (bicyclic) bond motifs is 8. The number of nitrogen functional groups attached to an aromatic ring is 1. The highest BCUT2D eigenvalue weighted by Crippen LogP contribution is 2.50. The van der Waals surface area contributed by atoms with Gasteiger partial charge in [0.1, 0.15) is 17.1 Å². The molecule has 2 aromatic heterocycles. The first-order chi connectivity index (χ1) is 15.9. The molecule has 1 fully saturated rings. The average molecular weight is 470 g/mol. The Bertz CT molecular complexity index is 1440. The van der Waals surface area contributed by atoms with Crippen molar-refractivity contribution in [3.05, 3.63) is 64.6 Å². The number of carbonyl (C=O) groups excluding carboxylic acids is 1. The van der Waals surface area contributed by atoms with Gasteiger partial charge in [-0.3, -0.25) is 9.20 Å². The molecule has 10 heteroatoms. The molecular weight excluding hydrogens is 452 g/mol. The number of hydrogen-bond acceptors (Lipinski definition) is 5. The zero-order chi connectivity index (χ0) is 22.9. The number of nitrogens with zero attached hydrogens (tertiary/aromatic N) is 4. The largest absolute Gasteiger partial charge is 0.435 e. The molecule has 7 nitrogen and oxygen atoms in total. The lowest BCUT2D eigenvalue weighted by Crippen LogP contribution is -2.37. The summed E-state index contributed by atoms with van der Waals surface area (Å²) in [6, 6.07) is 8.22. The van der Waals surface area contributed by atoms with E-state index in [4.69, 9.17) is 17.3 Å². The predicted octanol–water partition coefficient (Wildman–Crippen LogP) is 4.79. The number of hydrogen-bond donors (Lipinski definition) is 1. The van der Waals surface area contributed by atoms with E-state index in [9.17, 15) is 13.6 Å². The molecule has 1 amide bonds. The molecule has 0 radical (unpaired) electrons. The van der Waals surface area contributed by atoms with Crippen LogP contribution in [0.15, 0.2) is 42.9 Å². The first kappa shape index (κ1) is 20.2. The zero-order valence-corrected chi connectivity index (χ0v) is 18.0. The molecule has 1 aliphatic carbocycles. The number of halogens is 3. The van der Waals surface area contributed by atoms with Crippen LogP contribution in [0.4, 0.5) is 14.6 Å². The summed E-state index contributed by atoms with van der Waals surface area (Å²) >= 11 is 6.52. The van der Waals surface area contributed by atoms with Crippen molar-refractivity contribution in [3.8, 4) is 5.75 Å². The number of rotatable bonds is 3. The summed E-state index contributed by atoms with van der Waals surface area (Å²) in [6.45, 7) is -2.33. The number of anilines is 1. The molecule has 1 aliphatic heterocycles. The molecule has 2 atom stereocenters. The molecule has 168 valence electrons. The van der Waals surface area contributed by atoms with Crippen molar-refractivity contribution in [2.45, 2.75) is 31.4 Å². The summed E-state index contributed by atoms with van der Waals surface area (Å²) in [7, 11) is 0. The Morgan fingerprint density at radius 3 is 2.88 bits per heavy atom. The van der Waals surface area contributed by atoms with Crippen molar-refractivity contribution in [2.24, 2.45) is 0 Å². The maximum atomic E-state index is 13.7. The highest BCUT2D eigenvalue weighted by atomic mass is 35.5. The lowest BCUT2D eigenvalue weighted by atomic mass is 9.95. The Morgan fingerprint density at radius 1 is 1.21 bits per heavy atom. The van der Waals surface area contributed by atoms with E-state index in [1.807, 2.05) is 4.90 Å². The van der Waals surface area contributed by atoms with Crippen LogP contribution in [0.3, 0.4) is 0 Å². The number of amides is 1. The summed E-state index contributed by atoms with van der Waals surface area (Å²) in [5.41, 5.74) is 10.2. The van der Waals surface area contributed by atoms with Crippen molar-refractivity contribution in [3.63, 3.8) is 0 Å². The monoisotopic (exact) mass is 469 g/mol. The van der Waals surface area contributed by atoms with E-state index < -0.39 is 6.61 Å². The van der Waals surface area contributed by atoms with Crippen LogP contribution in [0.25, 0.3) is 16.6 Å². The van der Waals surface area contributed by atoms with Crippen molar-refractivity contribution < 1.29 is 18.3 Å². The Hall–Kier alpha value is -3.46. The van der Waals surface area contributed by atoms with Crippen LogP contribution in [-0.2, 0) is 0 Å². The number of nitrogens with two attached hydrogens (primary N) is 1. The summed E-state index contributed by atoms with van der Waals surface area (Å²) < 4.78 is 31.6. The lowest BCUT2D eigenvalue weighted by Gasteiger charge is -2.34. The second kappa shape index (κ2) is 7.28. The molecule has 0 spiro atoms. The molecule has 2 aromatic carbocycles. The first-order valence-corrected chi connectivity index (χ1v) is 10.9. The van der Waals surface area contributed by atoms with Crippen molar-refractivity contribution in [1.82, 2.24) is 19.3 Å². The fourth-order valence-electron chi connectivity index (χ4n) is 5.19. The summed E-state index contributed by atoms with van der Waals surface area (Å²) in [6.07, 6.45) is 4.72. The van der Waals surface area contributed by atoms with E-state index in [0.717, 1.165) is 24.0 Å². The SMILES string of the molecule is Nc1nc2cc(Cl)c(C(=O)N3CC[C@H]4C[C@@H]3c3ccc(OC(F)F)cc34)cc2n2cncc12. The van der Waals surface area contributed by atoms with Crippen LogP contribution in [0.5, 0.6) is 5.75 Å². The van der Waals surface area contributed by atoms with Gasteiger partial charge in [-0.25, -0.2) is 9.97 Å². The summed E-state index contributed by atoms with van der Waals surface area (Å²) in [5, 5.41) is 0.292. The molecule has 1 saturated heterocycles. The van der Waals surface area contributed by atoms with Gasteiger partial charge < -0.3 is 15.4 Å². The molecule has 3 heterocycles. The van der Waals surface area contributed by atoms with E-state index in [-0.39, 0.29) is 23.6 Å². The maximum absolute atomic E-state index is 13.7. The predicted molar refractivity (Wildman–Crippen MR) is 119 cm³/mol. The number of benzene rings is 2. The third-order valence-corrected chi connectivity index (χ3v) is 6.95. The first-order valence-electron chi connectivity index (χ1n) is 10.5. The van der Waals surface area contributed by atoms with Gasteiger partial charge in [-0.05, 0) is 54.2 Å². The number of likely N-dealkylation sites (tertiary alicyclic amines) is 1. The van der Waals surface area contributed by atoms with Gasteiger partial charge in [0.25, 0.3) is 5.91 Å². The molecule has 2 bridgehead atoms. The minimum absolute atomic E-state index is 0.142.